The van der Waals surface area contributed by atoms with Crippen molar-refractivity contribution < 1.29 is 33.1 Å². The van der Waals surface area contributed by atoms with Crippen molar-refractivity contribution in [2.24, 2.45) is 23.2 Å². The molecule has 0 amide bonds. The van der Waals surface area contributed by atoms with Crippen LogP contribution in [0.5, 0.6) is 0 Å². The van der Waals surface area contributed by atoms with E-state index in [1.165, 1.54) is 28.4 Å². The number of allylic oxidation sites excluding steroid dienone is 4. The molecule has 2 aliphatic rings. The van der Waals surface area contributed by atoms with Gasteiger partial charge in [-0.05, 0) is 29.9 Å². The summed E-state index contributed by atoms with van der Waals surface area (Å²) in [6.45, 7) is 8.14. The lowest BCUT2D eigenvalue weighted by Gasteiger charge is -2.39. The Morgan fingerprint density at radius 3 is 1.53 bits per heavy atom. The van der Waals surface area contributed by atoms with Gasteiger partial charge in [-0.15, -0.1) is 0 Å². The Kier molecular flexibility index (Phi) is 9.22. The summed E-state index contributed by atoms with van der Waals surface area (Å²) >= 11 is 0. The minimum Gasteiger partial charge on any atom is -0.349 e. The number of hydrogen-bond donors (Lipinski definition) is 0. The van der Waals surface area contributed by atoms with E-state index in [2.05, 4.69) is 20.8 Å². The van der Waals surface area contributed by atoms with E-state index in [-0.39, 0.29) is 17.5 Å². The monoisotopic (exact) mass is 494 g/mol. The summed E-state index contributed by atoms with van der Waals surface area (Å²) < 4.78 is 37.0. The normalized spacial score (nSPS) is 25.6. The predicted molar refractivity (Wildman–Crippen MR) is 133 cm³/mol. The van der Waals surface area contributed by atoms with Gasteiger partial charge in [-0.1, -0.05) is 64.2 Å². The van der Waals surface area contributed by atoms with Gasteiger partial charge in [0.2, 0.25) is 29.8 Å². The van der Waals surface area contributed by atoms with Crippen molar-refractivity contribution in [1.82, 2.24) is 0 Å². The number of carbonyl (C=O) groups excluding carboxylic acids is 2. The van der Waals surface area contributed by atoms with Gasteiger partial charge in [-0.25, -0.2) is 0 Å². The van der Waals surface area contributed by atoms with Crippen molar-refractivity contribution in [2.45, 2.75) is 45.7 Å². The molecule has 3 atom stereocenters. The first-order chi connectivity index (χ1) is 15.8. The van der Waals surface area contributed by atoms with Crippen LogP contribution in [0.4, 0.5) is 0 Å². The fourth-order valence-electron chi connectivity index (χ4n) is 4.95. The molecular weight excluding hydrogens is 455 g/mol. The molecule has 0 heterocycles. The summed E-state index contributed by atoms with van der Waals surface area (Å²) in [6.07, 6.45) is 13.7. The van der Waals surface area contributed by atoms with Gasteiger partial charge in [0.25, 0.3) is 0 Å². The molecule has 0 aliphatic heterocycles. The van der Waals surface area contributed by atoms with Crippen LogP contribution in [0, 0.1) is 23.2 Å². The van der Waals surface area contributed by atoms with Crippen molar-refractivity contribution in [3.05, 3.63) is 48.6 Å². The fourth-order valence-corrected chi connectivity index (χ4v) is 7.96. The third-order valence-electron chi connectivity index (χ3n) is 6.40. The maximum Gasteiger partial charge on any atom is 0.213 e. The van der Waals surface area contributed by atoms with Crippen LogP contribution in [0.15, 0.2) is 48.6 Å². The lowest BCUT2D eigenvalue weighted by molar-refractivity contribution is -0.194. The van der Waals surface area contributed by atoms with Crippen LogP contribution < -0.4 is 0 Å². The topological polar surface area (TPSA) is 88.1 Å². The highest BCUT2D eigenvalue weighted by Crippen LogP contribution is 2.58. The van der Waals surface area contributed by atoms with Crippen LogP contribution in [0.2, 0.25) is 0 Å². The van der Waals surface area contributed by atoms with Gasteiger partial charge in [0, 0.05) is 34.6 Å². The van der Waals surface area contributed by atoms with Crippen LogP contribution in [0.25, 0.3) is 0 Å². The Labute approximate surface area is 203 Å². The number of carbonyl (C=O) groups is 2. The van der Waals surface area contributed by atoms with Gasteiger partial charge >= 0.3 is 0 Å². The highest BCUT2D eigenvalue weighted by atomic mass is 31.2. The maximum atomic E-state index is 14.7. The highest BCUT2D eigenvalue weighted by Gasteiger charge is 2.56. The van der Waals surface area contributed by atoms with Crippen LogP contribution >= 0.6 is 7.14 Å². The van der Waals surface area contributed by atoms with Crippen LogP contribution in [-0.4, -0.2) is 57.2 Å². The molecule has 7 nitrogen and oxygen atoms in total. The third kappa shape index (κ3) is 5.60. The van der Waals surface area contributed by atoms with E-state index in [1.54, 1.807) is 48.6 Å². The van der Waals surface area contributed by atoms with Gasteiger partial charge in [0.05, 0.1) is 0 Å². The molecule has 3 unspecified atom stereocenters. The van der Waals surface area contributed by atoms with E-state index < -0.39 is 41.6 Å². The Hall–Kier alpha value is -1.63. The van der Waals surface area contributed by atoms with Crippen LogP contribution in [0.1, 0.15) is 34.1 Å². The van der Waals surface area contributed by atoms with Gasteiger partial charge < -0.3 is 23.5 Å². The van der Waals surface area contributed by atoms with Crippen molar-refractivity contribution in [2.75, 3.05) is 34.6 Å². The van der Waals surface area contributed by atoms with Crippen LogP contribution in [0.3, 0.4) is 0 Å². The van der Waals surface area contributed by atoms with E-state index in [4.69, 9.17) is 18.9 Å². The average Bonchev–Trinajstić information content (AvgIpc) is 2.81. The highest BCUT2D eigenvalue weighted by molar-refractivity contribution is 7.94. The molecule has 0 aromatic heterocycles. The largest absolute Gasteiger partial charge is 0.349 e. The lowest BCUT2D eigenvalue weighted by atomic mass is 9.86. The number of ether oxygens (including phenoxy) is 4. The molecule has 0 fully saturated rings. The van der Waals surface area contributed by atoms with Crippen LogP contribution in [-0.2, 0) is 33.1 Å². The van der Waals surface area contributed by atoms with Gasteiger partial charge in [-0.2, -0.15) is 0 Å². The zero-order chi connectivity index (χ0) is 25.8. The van der Waals surface area contributed by atoms with Crippen molar-refractivity contribution >= 4 is 18.2 Å². The van der Waals surface area contributed by atoms with E-state index >= 15 is 0 Å². The second kappa shape index (κ2) is 11.0. The molecule has 34 heavy (non-hydrogen) atoms. The molecular formula is C26H39O7P. The molecule has 0 bridgehead atoms. The van der Waals surface area contributed by atoms with E-state index in [0.29, 0.717) is 6.42 Å². The smallest absolute Gasteiger partial charge is 0.213 e. The minimum atomic E-state index is -4.16. The van der Waals surface area contributed by atoms with Crippen molar-refractivity contribution in [3.63, 3.8) is 0 Å². The zero-order valence-corrected chi connectivity index (χ0v) is 22.5. The second-order valence-corrected chi connectivity index (χ2v) is 12.9. The lowest BCUT2D eigenvalue weighted by Crippen LogP contribution is -2.48. The minimum absolute atomic E-state index is 0.0585. The number of methoxy groups -OCH3 is 4. The third-order valence-corrected chi connectivity index (χ3v) is 9.52. The van der Waals surface area contributed by atoms with E-state index in [0.717, 1.165) is 0 Å². The molecule has 8 heteroatoms. The summed E-state index contributed by atoms with van der Waals surface area (Å²) in [5, 5.41) is 0. The molecule has 0 aromatic carbocycles. The molecule has 190 valence electrons. The van der Waals surface area contributed by atoms with E-state index in [9.17, 15) is 14.2 Å². The molecule has 0 saturated carbocycles. The Morgan fingerprint density at radius 2 is 1.21 bits per heavy atom. The Balaban J connectivity index is 2.59. The van der Waals surface area contributed by atoms with E-state index in [1.807, 2.05) is 6.92 Å². The molecule has 0 radical (unpaired) electrons. The zero-order valence-electron chi connectivity index (χ0n) is 21.6. The quantitative estimate of drug-likeness (QED) is 0.297. The standard InChI is InChI=1S/C26H39O7P/c1-19(17-24(2,3)4)18-34(29,22(27)20-13-9-11-15-25(20,30-5)31-6)23(28)21-14-10-12-16-26(21,32-7)33-8/h9-16,19-21H,17-18H2,1-8H3. The first kappa shape index (κ1) is 28.6. The van der Waals surface area contributed by atoms with Crippen molar-refractivity contribution in [1.29, 1.82) is 0 Å². The molecule has 2 rings (SSSR count). The van der Waals surface area contributed by atoms with Gasteiger partial charge in [0.1, 0.15) is 11.8 Å². The fraction of sp³-hybridized carbons (Fsp3) is 0.615. The van der Waals surface area contributed by atoms with Gasteiger partial charge in [0.15, 0.2) is 0 Å². The molecule has 2 aliphatic carbocycles. The molecule has 0 N–H and O–H groups in total. The Morgan fingerprint density at radius 1 is 0.824 bits per heavy atom. The summed E-state index contributed by atoms with van der Waals surface area (Å²) in [5.41, 5.74) is -1.44. The number of rotatable bonds is 11. The summed E-state index contributed by atoms with van der Waals surface area (Å²) in [4.78, 5) is 28.1. The molecule has 0 spiro atoms. The van der Waals surface area contributed by atoms with Gasteiger partial charge in [-0.3, -0.25) is 9.59 Å². The second-order valence-electron chi connectivity index (χ2n) is 10.2. The average molecular weight is 495 g/mol. The first-order valence-corrected chi connectivity index (χ1v) is 13.3. The van der Waals surface area contributed by atoms with Crippen molar-refractivity contribution in [3.8, 4) is 0 Å². The number of hydrogen-bond acceptors (Lipinski definition) is 7. The summed E-state index contributed by atoms with van der Waals surface area (Å²) in [5.74, 6) is -5.14. The first-order valence-electron chi connectivity index (χ1n) is 11.4. The molecule has 0 aromatic rings. The summed E-state index contributed by atoms with van der Waals surface area (Å²) in [6, 6.07) is 0. The Bertz CT molecular complexity index is 854. The SMILES string of the molecule is COC1(OC)C=CC=CC1C(=O)P(=O)(CC(C)CC(C)(C)C)C(=O)C1C=CC=CC1(OC)OC. The summed E-state index contributed by atoms with van der Waals surface area (Å²) in [7, 11) is 1.50. The predicted octanol–water partition coefficient (Wildman–Crippen LogP) is 4.94. The maximum absolute atomic E-state index is 14.7. The molecule has 0 saturated heterocycles.